The lowest BCUT2D eigenvalue weighted by atomic mass is 10.0. The molecule has 0 bridgehead atoms. The van der Waals surface area contributed by atoms with E-state index in [2.05, 4.69) is 12.2 Å². The van der Waals surface area contributed by atoms with Gasteiger partial charge in [-0.1, -0.05) is 19.1 Å². The summed E-state index contributed by atoms with van der Waals surface area (Å²) in [5.74, 6) is -0.693. The van der Waals surface area contributed by atoms with Crippen LogP contribution in [0.15, 0.2) is 24.3 Å². The van der Waals surface area contributed by atoms with Gasteiger partial charge in [-0.2, -0.15) is 0 Å². The van der Waals surface area contributed by atoms with E-state index in [9.17, 15) is 14.4 Å². The third kappa shape index (κ3) is 4.86. The highest BCUT2D eigenvalue weighted by molar-refractivity contribution is 6.00. The molecule has 3 N–H and O–H groups in total. The summed E-state index contributed by atoms with van der Waals surface area (Å²) in [5, 5.41) is 3.08. The number of aryl methyl sites for hydroxylation is 1. The Labute approximate surface area is 159 Å². The van der Waals surface area contributed by atoms with Crippen LogP contribution < -0.4 is 16.0 Å². The van der Waals surface area contributed by atoms with E-state index in [4.69, 9.17) is 5.73 Å². The first-order chi connectivity index (χ1) is 13.0. The van der Waals surface area contributed by atoms with E-state index in [-0.39, 0.29) is 42.6 Å². The Morgan fingerprint density at radius 1 is 1.19 bits per heavy atom. The van der Waals surface area contributed by atoms with Gasteiger partial charge < -0.3 is 16.0 Å². The molecule has 1 unspecified atom stereocenters. The minimum absolute atomic E-state index is 0.00400. The van der Waals surface area contributed by atoms with Gasteiger partial charge in [0.15, 0.2) is 0 Å². The van der Waals surface area contributed by atoms with Crippen molar-refractivity contribution < 1.29 is 14.4 Å². The predicted octanol–water partition coefficient (Wildman–Crippen LogP) is 0.668. The van der Waals surface area contributed by atoms with Crippen LogP contribution in [0.25, 0.3) is 0 Å². The van der Waals surface area contributed by atoms with Crippen molar-refractivity contribution in [1.29, 1.82) is 0 Å². The van der Waals surface area contributed by atoms with Gasteiger partial charge >= 0.3 is 0 Å². The average Bonchev–Trinajstić information content (AvgIpc) is 3.05. The number of nitrogens with zero attached hydrogens (tertiary/aromatic N) is 2. The van der Waals surface area contributed by atoms with Crippen LogP contribution in [0, 0.1) is 5.92 Å². The summed E-state index contributed by atoms with van der Waals surface area (Å²) in [4.78, 5) is 39.7. The Morgan fingerprint density at radius 3 is 2.44 bits per heavy atom. The van der Waals surface area contributed by atoms with Crippen LogP contribution in [0.1, 0.15) is 31.7 Å². The lowest BCUT2D eigenvalue weighted by molar-refractivity contribution is -0.127. The minimum atomic E-state index is -0.325. The maximum atomic E-state index is 12.6. The van der Waals surface area contributed by atoms with Gasteiger partial charge in [0.25, 0.3) is 0 Å². The number of primary amides is 1. The highest BCUT2D eigenvalue weighted by atomic mass is 16.2. The zero-order valence-electron chi connectivity index (χ0n) is 15.8. The van der Waals surface area contributed by atoms with Gasteiger partial charge in [-0.25, -0.2) is 0 Å². The number of likely N-dealkylation sites (tertiary alicyclic amines) is 1. The monoisotopic (exact) mass is 372 g/mol. The number of nitrogens with one attached hydrogen (secondary N) is 1. The zero-order valence-corrected chi connectivity index (χ0v) is 15.8. The fraction of sp³-hybridized carbons (Fsp3) is 0.550. The predicted molar refractivity (Wildman–Crippen MR) is 103 cm³/mol. The molecular formula is C20H28N4O3. The first-order valence-electron chi connectivity index (χ1n) is 9.66. The molecule has 0 saturated carbocycles. The molecule has 2 saturated heterocycles. The summed E-state index contributed by atoms with van der Waals surface area (Å²) in [6.07, 6.45) is 2.79. The van der Waals surface area contributed by atoms with Crippen molar-refractivity contribution in [2.24, 2.45) is 11.7 Å². The number of carbonyl (C=O) groups excluding carboxylic acids is 3. The molecule has 2 aliphatic heterocycles. The summed E-state index contributed by atoms with van der Waals surface area (Å²) in [6, 6.07) is 8.04. The molecule has 2 fully saturated rings. The molecule has 2 aliphatic rings. The number of amides is 3. The van der Waals surface area contributed by atoms with Gasteiger partial charge in [0.2, 0.25) is 17.7 Å². The molecular weight excluding hydrogens is 344 g/mol. The second-order valence-electron chi connectivity index (χ2n) is 7.45. The standard InChI is InChI=1S/C20H28N4O3/c1-2-14-3-5-17(6-4-14)24-12-15(11-19(24)26)20(27)22-16-7-9-23(10-8-16)13-18(21)25/h3-6,15-16H,2,7-13H2,1H3,(H2,21,25)(H,22,27). The number of benzene rings is 1. The van der Waals surface area contributed by atoms with Crippen LogP contribution in [0.3, 0.4) is 0 Å². The molecule has 1 aromatic rings. The highest BCUT2D eigenvalue weighted by Gasteiger charge is 2.36. The molecule has 3 amide bonds. The second kappa shape index (κ2) is 8.52. The van der Waals surface area contributed by atoms with Gasteiger partial charge in [-0.15, -0.1) is 0 Å². The van der Waals surface area contributed by atoms with Crippen molar-refractivity contribution in [3.05, 3.63) is 29.8 Å². The molecule has 2 heterocycles. The van der Waals surface area contributed by atoms with Crippen LogP contribution in [0.4, 0.5) is 5.69 Å². The number of carbonyl (C=O) groups is 3. The molecule has 7 nitrogen and oxygen atoms in total. The van der Waals surface area contributed by atoms with Crippen molar-refractivity contribution in [2.45, 2.75) is 38.6 Å². The number of hydrogen-bond acceptors (Lipinski definition) is 4. The number of anilines is 1. The fourth-order valence-electron chi connectivity index (χ4n) is 3.82. The Bertz CT molecular complexity index is 696. The van der Waals surface area contributed by atoms with Crippen LogP contribution in [0.2, 0.25) is 0 Å². The van der Waals surface area contributed by atoms with Gasteiger partial charge in [0.1, 0.15) is 0 Å². The number of piperidine rings is 1. The minimum Gasteiger partial charge on any atom is -0.369 e. The Hall–Kier alpha value is -2.41. The summed E-state index contributed by atoms with van der Waals surface area (Å²) < 4.78 is 0. The second-order valence-corrected chi connectivity index (χ2v) is 7.45. The molecule has 7 heteroatoms. The lowest BCUT2D eigenvalue weighted by Crippen LogP contribution is -2.48. The molecule has 0 spiro atoms. The van der Waals surface area contributed by atoms with Crippen molar-refractivity contribution in [1.82, 2.24) is 10.2 Å². The Balaban J connectivity index is 1.51. The van der Waals surface area contributed by atoms with E-state index in [1.165, 1.54) is 5.56 Å². The SMILES string of the molecule is CCc1ccc(N2CC(C(=O)NC3CCN(CC(N)=O)CC3)CC2=O)cc1. The molecule has 146 valence electrons. The fourth-order valence-corrected chi connectivity index (χ4v) is 3.82. The smallest absolute Gasteiger partial charge is 0.231 e. The number of nitrogens with two attached hydrogens (primary N) is 1. The molecule has 0 radical (unpaired) electrons. The van der Waals surface area contributed by atoms with Gasteiger partial charge in [-0.3, -0.25) is 19.3 Å². The molecule has 3 rings (SSSR count). The molecule has 1 aromatic carbocycles. The lowest BCUT2D eigenvalue weighted by Gasteiger charge is -2.32. The normalized spacial score (nSPS) is 21.4. The molecule has 27 heavy (non-hydrogen) atoms. The molecule has 0 aliphatic carbocycles. The average molecular weight is 372 g/mol. The van der Waals surface area contributed by atoms with Gasteiger partial charge in [-0.05, 0) is 37.0 Å². The summed E-state index contributed by atoms with van der Waals surface area (Å²) in [7, 11) is 0. The van der Waals surface area contributed by atoms with E-state index in [1.54, 1.807) is 4.90 Å². The first kappa shape index (κ1) is 19.4. The van der Waals surface area contributed by atoms with Crippen LogP contribution >= 0.6 is 0 Å². The summed E-state index contributed by atoms with van der Waals surface area (Å²) >= 11 is 0. The maximum Gasteiger partial charge on any atom is 0.231 e. The summed E-state index contributed by atoms with van der Waals surface area (Å²) in [5.41, 5.74) is 7.30. The number of hydrogen-bond donors (Lipinski definition) is 2. The van der Waals surface area contributed by atoms with Gasteiger partial charge in [0.05, 0.1) is 12.5 Å². The van der Waals surface area contributed by atoms with Crippen LogP contribution in [-0.2, 0) is 20.8 Å². The topological polar surface area (TPSA) is 95.7 Å². The zero-order chi connectivity index (χ0) is 19.4. The largest absolute Gasteiger partial charge is 0.369 e. The quantitative estimate of drug-likeness (QED) is 0.767. The molecule has 0 aromatic heterocycles. The van der Waals surface area contributed by atoms with Crippen LogP contribution in [-0.4, -0.2) is 54.8 Å². The highest BCUT2D eigenvalue weighted by Crippen LogP contribution is 2.26. The Morgan fingerprint density at radius 2 is 1.85 bits per heavy atom. The number of rotatable bonds is 6. The Kier molecular flexibility index (Phi) is 6.11. The maximum absolute atomic E-state index is 12.6. The van der Waals surface area contributed by atoms with Gasteiger partial charge in [0, 0.05) is 37.8 Å². The summed E-state index contributed by atoms with van der Waals surface area (Å²) in [6.45, 7) is 4.27. The van der Waals surface area contributed by atoms with Crippen molar-refractivity contribution >= 4 is 23.4 Å². The van der Waals surface area contributed by atoms with E-state index < -0.39 is 0 Å². The van der Waals surface area contributed by atoms with E-state index in [1.807, 2.05) is 29.2 Å². The first-order valence-corrected chi connectivity index (χ1v) is 9.66. The van der Waals surface area contributed by atoms with Crippen molar-refractivity contribution in [2.75, 3.05) is 31.1 Å². The van der Waals surface area contributed by atoms with E-state index in [0.717, 1.165) is 38.0 Å². The third-order valence-electron chi connectivity index (χ3n) is 5.47. The van der Waals surface area contributed by atoms with Crippen molar-refractivity contribution in [3.63, 3.8) is 0 Å². The van der Waals surface area contributed by atoms with Crippen LogP contribution in [0.5, 0.6) is 0 Å². The van der Waals surface area contributed by atoms with E-state index >= 15 is 0 Å². The molecule has 1 atom stereocenters. The third-order valence-corrected chi connectivity index (χ3v) is 5.47. The van der Waals surface area contributed by atoms with Crippen molar-refractivity contribution in [3.8, 4) is 0 Å². The van der Waals surface area contributed by atoms with E-state index in [0.29, 0.717) is 6.54 Å².